The van der Waals surface area contributed by atoms with Gasteiger partial charge in [0.15, 0.2) is 0 Å². The van der Waals surface area contributed by atoms with Crippen LogP contribution in [0.4, 0.5) is 0 Å². The number of hydrogen-bond donors (Lipinski definition) is 0. The maximum atomic E-state index is 12.5. The zero-order chi connectivity index (χ0) is 17.7. The summed E-state index contributed by atoms with van der Waals surface area (Å²) < 4.78 is 4.76. The summed E-state index contributed by atoms with van der Waals surface area (Å²) in [6, 6.07) is 8.49. The first-order valence-corrected chi connectivity index (χ1v) is 8.58. The summed E-state index contributed by atoms with van der Waals surface area (Å²) in [6.07, 6.45) is 5.46. The lowest BCUT2D eigenvalue weighted by Gasteiger charge is -2.23. The Morgan fingerprint density at radius 2 is 1.83 bits per heavy atom. The van der Waals surface area contributed by atoms with Crippen molar-refractivity contribution < 1.29 is 14.3 Å². The molecule has 1 aliphatic rings. The second kappa shape index (κ2) is 8.13. The SMILES string of the molecule is COC(=O)C(C)CN(C(=O)/C=C/c1ccc(C(C)C)cc1)C1CC1. The molecule has 1 atom stereocenters. The van der Waals surface area contributed by atoms with Crippen LogP contribution in [0.1, 0.15) is 50.7 Å². The van der Waals surface area contributed by atoms with E-state index in [-0.39, 0.29) is 23.8 Å². The van der Waals surface area contributed by atoms with Gasteiger partial charge in [-0.3, -0.25) is 9.59 Å². The minimum Gasteiger partial charge on any atom is -0.469 e. The molecule has 0 aromatic heterocycles. The predicted molar refractivity (Wildman–Crippen MR) is 95.5 cm³/mol. The van der Waals surface area contributed by atoms with Crippen molar-refractivity contribution >= 4 is 18.0 Å². The highest BCUT2D eigenvalue weighted by Gasteiger charge is 2.33. The van der Waals surface area contributed by atoms with Crippen LogP contribution in [0, 0.1) is 5.92 Å². The largest absolute Gasteiger partial charge is 0.469 e. The third-order valence-corrected chi connectivity index (χ3v) is 4.37. The molecule has 130 valence electrons. The molecule has 4 nitrogen and oxygen atoms in total. The van der Waals surface area contributed by atoms with Gasteiger partial charge in [-0.15, -0.1) is 0 Å². The summed E-state index contributed by atoms with van der Waals surface area (Å²) in [7, 11) is 1.38. The van der Waals surface area contributed by atoms with Crippen LogP contribution in [0.25, 0.3) is 6.08 Å². The lowest BCUT2D eigenvalue weighted by Crippen LogP contribution is -2.37. The Morgan fingerprint density at radius 1 is 1.21 bits per heavy atom. The van der Waals surface area contributed by atoms with Gasteiger partial charge >= 0.3 is 5.97 Å². The van der Waals surface area contributed by atoms with Gasteiger partial charge in [-0.1, -0.05) is 45.0 Å². The van der Waals surface area contributed by atoms with Crippen molar-refractivity contribution in [1.82, 2.24) is 4.90 Å². The Labute approximate surface area is 144 Å². The average molecular weight is 329 g/mol. The van der Waals surface area contributed by atoms with Crippen LogP contribution in [0.5, 0.6) is 0 Å². The molecule has 1 amide bonds. The van der Waals surface area contributed by atoms with Crippen molar-refractivity contribution in [3.05, 3.63) is 41.5 Å². The molecular weight excluding hydrogens is 302 g/mol. The summed E-state index contributed by atoms with van der Waals surface area (Å²) in [4.78, 5) is 25.9. The molecule has 24 heavy (non-hydrogen) atoms. The van der Waals surface area contributed by atoms with Gasteiger partial charge in [-0.2, -0.15) is 0 Å². The van der Waals surface area contributed by atoms with Gasteiger partial charge in [0.05, 0.1) is 13.0 Å². The molecule has 0 saturated heterocycles. The fourth-order valence-electron chi connectivity index (χ4n) is 2.63. The van der Waals surface area contributed by atoms with Crippen LogP contribution < -0.4 is 0 Å². The minimum atomic E-state index is -0.307. The highest BCUT2D eigenvalue weighted by Crippen LogP contribution is 2.28. The molecule has 0 radical (unpaired) electrons. The highest BCUT2D eigenvalue weighted by molar-refractivity contribution is 5.92. The molecule has 0 bridgehead atoms. The van der Waals surface area contributed by atoms with Crippen LogP contribution in [-0.2, 0) is 14.3 Å². The number of methoxy groups -OCH3 is 1. The topological polar surface area (TPSA) is 46.6 Å². The van der Waals surface area contributed by atoms with Crippen molar-refractivity contribution in [2.24, 2.45) is 5.92 Å². The summed E-state index contributed by atoms with van der Waals surface area (Å²) in [5.74, 6) is -0.129. The fourth-order valence-corrected chi connectivity index (χ4v) is 2.63. The average Bonchev–Trinajstić information content (AvgIpc) is 3.41. The van der Waals surface area contributed by atoms with Gasteiger partial charge in [0.2, 0.25) is 5.91 Å². The van der Waals surface area contributed by atoms with Crippen LogP contribution in [0.3, 0.4) is 0 Å². The summed E-state index contributed by atoms with van der Waals surface area (Å²) in [6.45, 7) is 6.52. The smallest absolute Gasteiger partial charge is 0.310 e. The number of rotatable bonds is 7. The second-order valence-corrected chi connectivity index (χ2v) is 6.80. The van der Waals surface area contributed by atoms with Gasteiger partial charge in [0.25, 0.3) is 0 Å². The summed E-state index contributed by atoms with van der Waals surface area (Å²) in [5, 5.41) is 0. The van der Waals surface area contributed by atoms with Crippen LogP contribution in [0.15, 0.2) is 30.3 Å². The number of amides is 1. The van der Waals surface area contributed by atoms with Crippen molar-refractivity contribution in [2.75, 3.05) is 13.7 Å². The number of nitrogens with zero attached hydrogens (tertiary/aromatic N) is 1. The van der Waals surface area contributed by atoms with Crippen LogP contribution >= 0.6 is 0 Å². The normalized spacial score (nSPS) is 15.5. The summed E-state index contributed by atoms with van der Waals surface area (Å²) >= 11 is 0. The van der Waals surface area contributed by atoms with Gasteiger partial charge < -0.3 is 9.64 Å². The number of esters is 1. The molecule has 1 aromatic rings. The van der Waals surface area contributed by atoms with E-state index >= 15 is 0 Å². The molecule has 0 N–H and O–H groups in total. The third-order valence-electron chi connectivity index (χ3n) is 4.37. The van der Waals surface area contributed by atoms with E-state index < -0.39 is 0 Å². The van der Waals surface area contributed by atoms with Gasteiger partial charge in [-0.25, -0.2) is 0 Å². The Bertz CT molecular complexity index is 600. The first-order valence-electron chi connectivity index (χ1n) is 8.58. The van der Waals surface area contributed by atoms with E-state index in [1.165, 1.54) is 12.7 Å². The lowest BCUT2D eigenvalue weighted by atomic mass is 10.0. The van der Waals surface area contributed by atoms with Gasteiger partial charge in [-0.05, 0) is 36.0 Å². The molecule has 0 heterocycles. The van der Waals surface area contributed by atoms with Crippen molar-refractivity contribution in [3.63, 3.8) is 0 Å². The van der Waals surface area contributed by atoms with Crippen molar-refractivity contribution in [2.45, 2.75) is 45.6 Å². The van der Waals surface area contributed by atoms with Gasteiger partial charge in [0, 0.05) is 18.7 Å². The molecule has 0 spiro atoms. The predicted octanol–water partition coefficient (Wildman–Crippen LogP) is 3.62. The minimum absolute atomic E-state index is 0.0406. The molecule has 1 fully saturated rings. The molecule has 1 unspecified atom stereocenters. The number of benzene rings is 1. The van der Waals surface area contributed by atoms with Crippen LogP contribution in [0.2, 0.25) is 0 Å². The maximum absolute atomic E-state index is 12.5. The molecule has 0 aliphatic heterocycles. The van der Waals surface area contributed by atoms with E-state index in [0.717, 1.165) is 18.4 Å². The van der Waals surface area contributed by atoms with E-state index in [1.54, 1.807) is 17.9 Å². The fraction of sp³-hybridized carbons (Fsp3) is 0.500. The van der Waals surface area contributed by atoms with E-state index in [2.05, 4.69) is 26.0 Å². The van der Waals surface area contributed by atoms with Crippen molar-refractivity contribution in [3.8, 4) is 0 Å². The van der Waals surface area contributed by atoms with Crippen LogP contribution in [-0.4, -0.2) is 36.5 Å². The Balaban J connectivity index is 2.00. The Hall–Kier alpha value is -2.10. The molecule has 2 rings (SSSR count). The van der Waals surface area contributed by atoms with E-state index in [1.807, 2.05) is 18.2 Å². The first-order chi connectivity index (χ1) is 11.4. The zero-order valence-corrected chi connectivity index (χ0v) is 15.0. The summed E-state index contributed by atoms with van der Waals surface area (Å²) in [5.41, 5.74) is 2.29. The first kappa shape index (κ1) is 18.2. The zero-order valence-electron chi connectivity index (χ0n) is 15.0. The van der Waals surface area contributed by atoms with E-state index in [0.29, 0.717) is 12.5 Å². The maximum Gasteiger partial charge on any atom is 0.310 e. The number of carbonyl (C=O) groups excluding carboxylic acids is 2. The molecule has 4 heteroatoms. The lowest BCUT2D eigenvalue weighted by molar-refractivity contribution is -0.146. The Kier molecular flexibility index (Phi) is 6.18. The molecular formula is C20H27NO3. The second-order valence-electron chi connectivity index (χ2n) is 6.80. The van der Waals surface area contributed by atoms with E-state index in [4.69, 9.17) is 4.74 Å². The quantitative estimate of drug-likeness (QED) is 0.567. The number of hydrogen-bond acceptors (Lipinski definition) is 3. The number of carbonyl (C=O) groups is 2. The monoisotopic (exact) mass is 329 g/mol. The molecule has 1 aromatic carbocycles. The number of ether oxygens (including phenoxy) is 1. The third kappa shape index (κ3) is 4.95. The Morgan fingerprint density at radius 3 is 2.33 bits per heavy atom. The highest BCUT2D eigenvalue weighted by atomic mass is 16.5. The van der Waals surface area contributed by atoms with E-state index in [9.17, 15) is 9.59 Å². The van der Waals surface area contributed by atoms with Crippen molar-refractivity contribution in [1.29, 1.82) is 0 Å². The standard InChI is InChI=1S/C20H27NO3/c1-14(2)17-8-5-16(6-9-17)7-12-19(22)21(18-10-11-18)13-15(3)20(23)24-4/h5-9,12,14-15,18H,10-11,13H2,1-4H3/b12-7+. The molecule has 1 saturated carbocycles. The molecule has 1 aliphatic carbocycles. The van der Waals surface area contributed by atoms with Gasteiger partial charge in [0.1, 0.15) is 0 Å².